The molecule has 0 N–H and O–H groups in total. The zero-order chi connectivity index (χ0) is 10.7. The molecule has 1 nitrogen and oxygen atoms in total. The van der Waals surface area contributed by atoms with Crippen LogP contribution in [-0.4, -0.2) is 7.11 Å². The Morgan fingerprint density at radius 2 is 1.73 bits per heavy atom. The van der Waals surface area contributed by atoms with Gasteiger partial charge in [-0.05, 0) is 17.7 Å². The van der Waals surface area contributed by atoms with Crippen molar-refractivity contribution in [2.45, 2.75) is 0 Å². The molecule has 15 heavy (non-hydrogen) atoms. The van der Waals surface area contributed by atoms with E-state index in [0.717, 1.165) is 5.56 Å². The maximum absolute atomic E-state index is 13.6. The summed E-state index contributed by atoms with van der Waals surface area (Å²) < 4.78 is 18.6. The van der Waals surface area contributed by atoms with Crippen LogP contribution in [0.15, 0.2) is 48.5 Å². The minimum atomic E-state index is -0.263. The SMILES string of the molecule is COc1ccc(-c2ccccc2)c(F)c1. The fraction of sp³-hybridized carbons (Fsp3) is 0.0769. The number of rotatable bonds is 2. The van der Waals surface area contributed by atoms with Crippen LogP contribution in [0.4, 0.5) is 4.39 Å². The number of methoxy groups -OCH3 is 1. The Hall–Kier alpha value is -1.83. The minimum Gasteiger partial charge on any atom is -0.497 e. The summed E-state index contributed by atoms with van der Waals surface area (Å²) in [7, 11) is 1.52. The van der Waals surface area contributed by atoms with E-state index in [9.17, 15) is 4.39 Å². The molecule has 0 saturated carbocycles. The number of halogens is 1. The molecular weight excluding hydrogens is 191 g/mol. The van der Waals surface area contributed by atoms with E-state index >= 15 is 0 Å². The lowest BCUT2D eigenvalue weighted by molar-refractivity contribution is 0.411. The van der Waals surface area contributed by atoms with Gasteiger partial charge in [-0.1, -0.05) is 30.3 Å². The van der Waals surface area contributed by atoms with Gasteiger partial charge >= 0.3 is 0 Å². The van der Waals surface area contributed by atoms with Crippen molar-refractivity contribution in [1.29, 1.82) is 0 Å². The molecule has 2 heteroatoms. The standard InChI is InChI=1S/C13H11FO/c1-15-11-7-8-12(13(14)9-11)10-5-3-2-4-6-10/h2-9H,1H3. The molecule has 0 spiro atoms. The van der Waals surface area contributed by atoms with Crippen molar-refractivity contribution in [3.05, 3.63) is 54.3 Å². The molecule has 76 valence electrons. The fourth-order valence-electron chi connectivity index (χ4n) is 1.47. The molecule has 2 aromatic rings. The topological polar surface area (TPSA) is 9.23 Å². The van der Waals surface area contributed by atoms with Gasteiger partial charge in [0.2, 0.25) is 0 Å². The lowest BCUT2D eigenvalue weighted by Gasteiger charge is -2.05. The van der Waals surface area contributed by atoms with Crippen LogP contribution in [0.5, 0.6) is 5.75 Å². The van der Waals surface area contributed by atoms with Crippen LogP contribution < -0.4 is 4.74 Å². The van der Waals surface area contributed by atoms with Crippen LogP contribution >= 0.6 is 0 Å². The summed E-state index contributed by atoms with van der Waals surface area (Å²) in [5.74, 6) is 0.271. The number of benzene rings is 2. The first-order chi connectivity index (χ1) is 7.31. The molecule has 0 atom stereocenters. The molecule has 2 rings (SSSR count). The smallest absolute Gasteiger partial charge is 0.134 e. The Morgan fingerprint density at radius 3 is 2.33 bits per heavy atom. The zero-order valence-corrected chi connectivity index (χ0v) is 8.41. The second-order valence-electron chi connectivity index (χ2n) is 3.21. The predicted octanol–water partition coefficient (Wildman–Crippen LogP) is 3.50. The molecule has 0 saturated heterocycles. The summed E-state index contributed by atoms with van der Waals surface area (Å²) in [6, 6.07) is 14.3. The van der Waals surface area contributed by atoms with Gasteiger partial charge in [0.05, 0.1) is 7.11 Å². The third kappa shape index (κ3) is 1.99. The Bertz CT molecular complexity index is 451. The maximum atomic E-state index is 13.6. The predicted molar refractivity (Wildman–Crippen MR) is 58.4 cm³/mol. The molecule has 0 amide bonds. The van der Waals surface area contributed by atoms with E-state index in [2.05, 4.69) is 0 Å². The molecule has 0 unspecified atom stereocenters. The second-order valence-corrected chi connectivity index (χ2v) is 3.21. The largest absolute Gasteiger partial charge is 0.497 e. The van der Waals surface area contributed by atoms with E-state index in [4.69, 9.17) is 4.74 Å². The fourth-order valence-corrected chi connectivity index (χ4v) is 1.47. The summed E-state index contributed by atoms with van der Waals surface area (Å²) in [4.78, 5) is 0. The molecule has 0 aliphatic rings. The molecule has 0 aliphatic heterocycles. The summed E-state index contributed by atoms with van der Waals surface area (Å²) in [6.07, 6.45) is 0. The van der Waals surface area contributed by atoms with Gasteiger partial charge in [-0.15, -0.1) is 0 Å². The van der Waals surface area contributed by atoms with E-state index in [1.54, 1.807) is 12.1 Å². The lowest BCUT2D eigenvalue weighted by atomic mass is 10.1. The normalized spacial score (nSPS) is 10.0. The quantitative estimate of drug-likeness (QED) is 0.724. The Labute approximate surface area is 88.1 Å². The van der Waals surface area contributed by atoms with Gasteiger partial charge in [0, 0.05) is 11.6 Å². The molecule has 0 aliphatic carbocycles. The highest BCUT2D eigenvalue weighted by atomic mass is 19.1. The minimum absolute atomic E-state index is 0.263. The van der Waals surface area contributed by atoms with E-state index < -0.39 is 0 Å². The third-order valence-corrected chi connectivity index (χ3v) is 2.26. The van der Waals surface area contributed by atoms with Crippen molar-refractivity contribution in [1.82, 2.24) is 0 Å². The van der Waals surface area contributed by atoms with Crippen LogP contribution in [0.2, 0.25) is 0 Å². The number of ether oxygens (including phenoxy) is 1. The maximum Gasteiger partial charge on any atom is 0.134 e. The van der Waals surface area contributed by atoms with Crippen molar-refractivity contribution in [2.24, 2.45) is 0 Å². The Balaban J connectivity index is 2.46. The van der Waals surface area contributed by atoms with Crippen LogP contribution in [0.1, 0.15) is 0 Å². The Kier molecular flexibility index (Phi) is 2.68. The Morgan fingerprint density at radius 1 is 1.00 bits per heavy atom. The van der Waals surface area contributed by atoms with Crippen molar-refractivity contribution < 1.29 is 9.13 Å². The third-order valence-electron chi connectivity index (χ3n) is 2.26. The molecular formula is C13H11FO. The average molecular weight is 202 g/mol. The van der Waals surface area contributed by atoms with Gasteiger partial charge in [0.15, 0.2) is 0 Å². The second kappa shape index (κ2) is 4.13. The average Bonchev–Trinajstić information content (AvgIpc) is 2.30. The monoisotopic (exact) mass is 202 g/mol. The van der Waals surface area contributed by atoms with E-state index in [1.807, 2.05) is 30.3 Å². The van der Waals surface area contributed by atoms with Gasteiger partial charge < -0.3 is 4.74 Å². The van der Waals surface area contributed by atoms with Crippen molar-refractivity contribution in [3.8, 4) is 16.9 Å². The first-order valence-electron chi connectivity index (χ1n) is 4.70. The van der Waals surface area contributed by atoms with Gasteiger partial charge in [-0.2, -0.15) is 0 Å². The van der Waals surface area contributed by atoms with E-state index in [-0.39, 0.29) is 5.82 Å². The molecule has 0 radical (unpaired) electrons. The van der Waals surface area contributed by atoms with Crippen molar-refractivity contribution in [2.75, 3.05) is 7.11 Å². The summed E-state index contributed by atoms with van der Waals surface area (Å²) in [5, 5.41) is 0. The lowest BCUT2D eigenvalue weighted by Crippen LogP contribution is -1.87. The molecule has 2 aromatic carbocycles. The molecule has 0 bridgehead atoms. The summed E-state index contributed by atoms with van der Waals surface area (Å²) in [5.41, 5.74) is 1.47. The van der Waals surface area contributed by atoms with E-state index in [0.29, 0.717) is 11.3 Å². The number of hydrogen-bond donors (Lipinski definition) is 0. The first-order valence-corrected chi connectivity index (χ1v) is 4.70. The number of hydrogen-bond acceptors (Lipinski definition) is 1. The van der Waals surface area contributed by atoms with Crippen LogP contribution in [0.3, 0.4) is 0 Å². The summed E-state index contributed by atoms with van der Waals surface area (Å²) >= 11 is 0. The van der Waals surface area contributed by atoms with Gasteiger partial charge in [0.25, 0.3) is 0 Å². The highest BCUT2D eigenvalue weighted by Gasteiger charge is 2.05. The van der Waals surface area contributed by atoms with Gasteiger partial charge in [-0.3, -0.25) is 0 Å². The van der Waals surface area contributed by atoms with Crippen LogP contribution in [-0.2, 0) is 0 Å². The van der Waals surface area contributed by atoms with Gasteiger partial charge in [-0.25, -0.2) is 4.39 Å². The molecule has 0 heterocycles. The first kappa shape index (κ1) is 9.71. The molecule has 0 fully saturated rings. The van der Waals surface area contributed by atoms with E-state index in [1.165, 1.54) is 13.2 Å². The zero-order valence-electron chi connectivity index (χ0n) is 8.41. The molecule has 0 aromatic heterocycles. The highest BCUT2D eigenvalue weighted by Crippen LogP contribution is 2.25. The van der Waals surface area contributed by atoms with Gasteiger partial charge in [0.1, 0.15) is 11.6 Å². The van der Waals surface area contributed by atoms with Crippen LogP contribution in [0.25, 0.3) is 11.1 Å². The van der Waals surface area contributed by atoms with Crippen molar-refractivity contribution >= 4 is 0 Å². The highest BCUT2D eigenvalue weighted by molar-refractivity contribution is 5.64. The van der Waals surface area contributed by atoms with Crippen molar-refractivity contribution in [3.63, 3.8) is 0 Å². The van der Waals surface area contributed by atoms with Crippen LogP contribution in [0, 0.1) is 5.82 Å². The summed E-state index contributed by atoms with van der Waals surface area (Å²) in [6.45, 7) is 0.